The summed E-state index contributed by atoms with van der Waals surface area (Å²) in [5, 5.41) is 14.0. The van der Waals surface area contributed by atoms with Crippen molar-refractivity contribution in [3.05, 3.63) is 65.5 Å². The monoisotopic (exact) mass is 414 g/mol. The van der Waals surface area contributed by atoms with E-state index in [-0.39, 0.29) is 24.1 Å². The van der Waals surface area contributed by atoms with Gasteiger partial charge in [0.1, 0.15) is 5.82 Å². The number of anilines is 2. The number of amides is 2. The lowest BCUT2D eigenvalue weighted by Gasteiger charge is -2.24. The number of aromatic nitrogens is 2. The minimum absolute atomic E-state index is 0.0911. The molecule has 2 N–H and O–H groups in total. The molecule has 142 valence electrons. The molecule has 9 heteroatoms. The van der Waals surface area contributed by atoms with Crippen molar-refractivity contribution in [2.24, 2.45) is 0 Å². The summed E-state index contributed by atoms with van der Waals surface area (Å²) in [4.78, 5) is 24.6. The van der Waals surface area contributed by atoms with Crippen LogP contribution in [0.4, 0.5) is 15.2 Å². The van der Waals surface area contributed by atoms with Gasteiger partial charge in [-0.2, -0.15) is 0 Å². The third-order valence-electron chi connectivity index (χ3n) is 4.23. The van der Waals surface area contributed by atoms with Crippen molar-refractivity contribution >= 4 is 45.7 Å². The van der Waals surface area contributed by atoms with Crippen molar-refractivity contribution in [3.63, 3.8) is 0 Å². The highest BCUT2D eigenvalue weighted by atomic mass is 32.2. The highest BCUT2D eigenvalue weighted by Crippen LogP contribution is 2.34. The first kappa shape index (κ1) is 18.6. The molecule has 0 spiro atoms. The Bertz CT molecular complexity index is 1020. The zero-order chi connectivity index (χ0) is 19.5. The molecule has 1 aliphatic rings. The molecule has 1 unspecified atom stereocenters. The van der Waals surface area contributed by atoms with Crippen LogP contribution in [0.1, 0.15) is 23.5 Å². The number of hydrogen-bond donors (Lipinski definition) is 2. The maximum atomic E-state index is 13.0. The van der Waals surface area contributed by atoms with Gasteiger partial charge in [0, 0.05) is 17.9 Å². The number of nitrogens with zero attached hydrogens (tertiary/aromatic N) is 2. The highest BCUT2D eigenvalue weighted by molar-refractivity contribution is 8.00. The number of hydrogen-bond acceptors (Lipinski definition) is 6. The molecule has 4 rings (SSSR count). The van der Waals surface area contributed by atoms with E-state index >= 15 is 0 Å². The van der Waals surface area contributed by atoms with E-state index in [1.54, 1.807) is 18.2 Å². The van der Waals surface area contributed by atoms with Crippen LogP contribution in [-0.2, 0) is 15.3 Å². The molecule has 1 aliphatic heterocycles. The number of para-hydroxylation sites is 1. The smallest absolute Gasteiger partial charge is 0.234 e. The van der Waals surface area contributed by atoms with Crippen LogP contribution < -0.4 is 10.6 Å². The molecule has 0 bridgehead atoms. The first-order valence-corrected chi connectivity index (χ1v) is 10.3. The van der Waals surface area contributed by atoms with Crippen LogP contribution in [0, 0.1) is 5.82 Å². The van der Waals surface area contributed by atoms with Gasteiger partial charge in [0.25, 0.3) is 0 Å². The molecule has 0 fully saturated rings. The Morgan fingerprint density at radius 3 is 2.82 bits per heavy atom. The summed E-state index contributed by atoms with van der Waals surface area (Å²) >= 11 is 2.72. The number of thioether (sulfide) groups is 1. The molecule has 2 aromatic carbocycles. The molecule has 0 saturated heterocycles. The SMILES string of the molecule is O=C1CC(C(=O)Nc2nnc(SCc3ccc(F)cc3)s2)c2ccccc2N1. The fourth-order valence-electron chi connectivity index (χ4n) is 2.88. The van der Waals surface area contributed by atoms with Gasteiger partial charge in [-0.3, -0.25) is 14.9 Å². The summed E-state index contributed by atoms with van der Waals surface area (Å²) in [5.74, 6) is -0.684. The van der Waals surface area contributed by atoms with Crippen molar-refractivity contribution in [1.82, 2.24) is 10.2 Å². The van der Waals surface area contributed by atoms with E-state index in [9.17, 15) is 14.0 Å². The van der Waals surface area contributed by atoms with Crippen molar-refractivity contribution in [2.45, 2.75) is 22.4 Å². The Balaban J connectivity index is 1.40. The van der Waals surface area contributed by atoms with Crippen LogP contribution >= 0.6 is 23.1 Å². The second kappa shape index (κ2) is 8.07. The number of rotatable bonds is 5. The molecule has 0 radical (unpaired) electrons. The van der Waals surface area contributed by atoms with Gasteiger partial charge in [0.15, 0.2) is 4.34 Å². The molecule has 2 heterocycles. The van der Waals surface area contributed by atoms with Gasteiger partial charge in [-0.1, -0.05) is 53.4 Å². The molecule has 1 aromatic heterocycles. The lowest BCUT2D eigenvalue weighted by molar-refractivity contribution is -0.123. The fraction of sp³-hybridized carbons (Fsp3) is 0.158. The summed E-state index contributed by atoms with van der Waals surface area (Å²) in [6, 6.07) is 13.5. The Morgan fingerprint density at radius 2 is 2.00 bits per heavy atom. The van der Waals surface area contributed by atoms with E-state index in [1.165, 1.54) is 35.2 Å². The Hall–Kier alpha value is -2.78. The van der Waals surface area contributed by atoms with Crippen LogP contribution in [0.3, 0.4) is 0 Å². The van der Waals surface area contributed by atoms with Crippen molar-refractivity contribution in [2.75, 3.05) is 10.6 Å². The molecule has 3 aromatic rings. The standard InChI is InChI=1S/C19H15FN4O2S2/c20-12-7-5-11(6-8-12)10-27-19-24-23-18(28-19)22-17(26)14-9-16(25)21-15-4-2-1-3-13(14)15/h1-8,14H,9-10H2,(H,21,25)(H,22,23,26). The molecule has 6 nitrogen and oxygen atoms in total. The maximum absolute atomic E-state index is 13.0. The number of nitrogens with one attached hydrogen (secondary N) is 2. The number of benzene rings is 2. The minimum atomic E-state index is -0.566. The number of halogens is 1. The zero-order valence-electron chi connectivity index (χ0n) is 14.5. The van der Waals surface area contributed by atoms with Crippen LogP contribution in [0.15, 0.2) is 52.9 Å². The topological polar surface area (TPSA) is 84.0 Å². The third-order valence-corrected chi connectivity index (χ3v) is 6.27. The van der Waals surface area contributed by atoms with Gasteiger partial charge >= 0.3 is 0 Å². The van der Waals surface area contributed by atoms with Crippen LogP contribution in [0.25, 0.3) is 0 Å². The Labute approximate surface area is 168 Å². The lowest BCUT2D eigenvalue weighted by atomic mass is 9.90. The fourth-order valence-corrected chi connectivity index (χ4v) is 4.59. The maximum Gasteiger partial charge on any atom is 0.234 e. The van der Waals surface area contributed by atoms with Gasteiger partial charge < -0.3 is 5.32 Å². The normalized spacial score (nSPS) is 15.6. The third kappa shape index (κ3) is 4.20. The zero-order valence-corrected chi connectivity index (χ0v) is 16.1. The summed E-state index contributed by atoms with van der Waals surface area (Å²) in [6.07, 6.45) is 0.0911. The number of fused-ring (bicyclic) bond motifs is 1. The van der Waals surface area contributed by atoms with E-state index in [0.717, 1.165) is 11.1 Å². The predicted molar refractivity (Wildman–Crippen MR) is 107 cm³/mol. The van der Waals surface area contributed by atoms with Gasteiger partial charge in [0.2, 0.25) is 16.9 Å². The second-order valence-electron chi connectivity index (χ2n) is 6.17. The van der Waals surface area contributed by atoms with Gasteiger partial charge in [-0.05, 0) is 29.3 Å². The van der Waals surface area contributed by atoms with E-state index in [4.69, 9.17) is 0 Å². The van der Waals surface area contributed by atoms with Crippen LogP contribution in [-0.4, -0.2) is 22.0 Å². The van der Waals surface area contributed by atoms with Crippen LogP contribution in [0.5, 0.6) is 0 Å². The molecule has 2 amide bonds. The van der Waals surface area contributed by atoms with Crippen molar-refractivity contribution in [3.8, 4) is 0 Å². The van der Waals surface area contributed by atoms with E-state index in [0.29, 0.717) is 20.9 Å². The Morgan fingerprint density at radius 1 is 1.21 bits per heavy atom. The van der Waals surface area contributed by atoms with E-state index < -0.39 is 5.92 Å². The summed E-state index contributed by atoms with van der Waals surface area (Å²) in [5.41, 5.74) is 2.42. The molecular weight excluding hydrogens is 399 g/mol. The van der Waals surface area contributed by atoms with Crippen LogP contribution in [0.2, 0.25) is 0 Å². The number of carbonyl (C=O) groups is 2. The van der Waals surface area contributed by atoms with Gasteiger partial charge in [-0.25, -0.2) is 4.39 Å². The van der Waals surface area contributed by atoms with E-state index in [2.05, 4.69) is 20.8 Å². The van der Waals surface area contributed by atoms with E-state index in [1.807, 2.05) is 18.2 Å². The first-order valence-electron chi connectivity index (χ1n) is 8.49. The molecule has 0 aliphatic carbocycles. The molecule has 0 saturated carbocycles. The minimum Gasteiger partial charge on any atom is -0.326 e. The average molecular weight is 414 g/mol. The van der Waals surface area contributed by atoms with Gasteiger partial charge in [-0.15, -0.1) is 10.2 Å². The predicted octanol–water partition coefficient (Wildman–Crippen LogP) is 4.03. The largest absolute Gasteiger partial charge is 0.326 e. The number of carbonyl (C=O) groups excluding carboxylic acids is 2. The summed E-state index contributed by atoms with van der Waals surface area (Å²) in [6.45, 7) is 0. The van der Waals surface area contributed by atoms with Crippen molar-refractivity contribution in [1.29, 1.82) is 0 Å². The lowest BCUT2D eigenvalue weighted by Crippen LogP contribution is -2.30. The second-order valence-corrected chi connectivity index (χ2v) is 8.37. The summed E-state index contributed by atoms with van der Waals surface area (Å²) < 4.78 is 13.6. The van der Waals surface area contributed by atoms with Gasteiger partial charge in [0.05, 0.1) is 5.92 Å². The Kier molecular flexibility index (Phi) is 5.36. The quantitative estimate of drug-likeness (QED) is 0.486. The molecule has 1 atom stereocenters. The molecule has 28 heavy (non-hydrogen) atoms. The average Bonchev–Trinajstić information content (AvgIpc) is 3.14. The summed E-state index contributed by atoms with van der Waals surface area (Å²) in [7, 11) is 0. The first-order chi connectivity index (χ1) is 13.6. The highest BCUT2D eigenvalue weighted by Gasteiger charge is 2.30. The van der Waals surface area contributed by atoms with Crippen molar-refractivity contribution < 1.29 is 14.0 Å². The molecular formula is C19H15FN4O2S2.